The first-order valence-electron chi connectivity index (χ1n) is 5.41. The number of nitro benzene ring substituents is 1. The van der Waals surface area contributed by atoms with Gasteiger partial charge in [0.2, 0.25) is 5.91 Å². The van der Waals surface area contributed by atoms with Crippen molar-refractivity contribution in [2.45, 2.75) is 19.8 Å². The summed E-state index contributed by atoms with van der Waals surface area (Å²) in [6, 6.07) is 3.11. The van der Waals surface area contributed by atoms with Gasteiger partial charge < -0.3 is 10.6 Å². The summed E-state index contributed by atoms with van der Waals surface area (Å²) in [7, 11) is 0. The molecule has 6 nitrogen and oxygen atoms in total. The molecule has 0 bridgehead atoms. The monoisotopic (exact) mass is 235 g/mol. The number of anilines is 2. The lowest BCUT2D eigenvalue weighted by Gasteiger charge is -2.20. The van der Waals surface area contributed by atoms with Gasteiger partial charge in [0, 0.05) is 30.8 Å². The van der Waals surface area contributed by atoms with E-state index >= 15 is 0 Å². The molecular formula is C11H13N3O3. The molecule has 0 saturated carbocycles. The highest BCUT2D eigenvalue weighted by molar-refractivity contribution is 5.94. The van der Waals surface area contributed by atoms with Crippen LogP contribution in [-0.4, -0.2) is 17.4 Å². The minimum Gasteiger partial charge on any atom is -0.385 e. The van der Waals surface area contributed by atoms with Gasteiger partial charge in [-0.3, -0.25) is 14.9 Å². The molecule has 0 radical (unpaired) electrons. The van der Waals surface area contributed by atoms with E-state index in [1.807, 2.05) is 0 Å². The molecule has 1 aliphatic heterocycles. The van der Waals surface area contributed by atoms with E-state index in [-0.39, 0.29) is 11.6 Å². The van der Waals surface area contributed by atoms with Crippen molar-refractivity contribution in [2.24, 2.45) is 0 Å². The maximum Gasteiger partial charge on any atom is 0.293 e. The molecule has 0 spiro atoms. The molecule has 0 fully saturated rings. The smallest absolute Gasteiger partial charge is 0.293 e. The second kappa shape index (κ2) is 4.40. The molecule has 1 aromatic rings. The molecule has 6 heteroatoms. The summed E-state index contributed by atoms with van der Waals surface area (Å²) in [5.41, 5.74) is 1.96. The summed E-state index contributed by atoms with van der Waals surface area (Å²) < 4.78 is 0. The van der Waals surface area contributed by atoms with Crippen LogP contribution in [0.1, 0.15) is 18.9 Å². The predicted molar refractivity (Wildman–Crippen MR) is 64.2 cm³/mol. The van der Waals surface area contributed by atoms with Crippen molar-refractivity contribution < 1.29 is 9.72 Å². The molecule has 0 aromatic heterocycles. The van der Waals surface area contributed by atoms with Crippen LogP contribution in [0.3, 0.4) is 0 Å². The number of hydrogen-bond donors (Lipinski definition) is 2. The Morgan fingerprint density at radius 1 is 1.53 bits per heavy atom. The summed E-state index contributed by atoms with van der Waals surface area (Å²) in [5.74, 6) is -0.299. The molecule has 1 aromatic carbocycles. The number of nitro groups is 1. The Hall–Kier alpha value is -2.11. The Morgan fingerprint density at radius 3 is 2.94 bits per heavy atom. The summed E-state index contributed by atoms with van der Waals surface area (Å²) in [4.78, 5) is 21.6. The van der Waals surface area contributed by atoms with Crippen LogP contribution in [0.15, 0.2) is 12.1 Å². The number of nitrogens with zero attached hydrogens (tertiary/aromatic N) is 1. The fourth-order valence-corrected chi connectivity index (χ4v) is 2.02. The van der Waals surface area contributed by atoms with Gasteiger partial charge in [0.05, 0.1) is 4.92 Å². The van der Waals surface area contributed by atoms with E-state index in [0.29, 0.717) is 5.69 Å². The Kier molecular flexibility index (Phi) is 2.95. The predicted octanol–water partition coefficient (Wildman–Crippen LogP) is 1.91. The van der Waals surface area contributed by atoms with Crippen LogP contribution in [0.4, 0.5) is 17.1 Å². The highest BCUT2D eigenvalue weighted by Crippen LogP contribution is 2.36. The van der Waals surface area contributed by atoms with Gasteiger partial charge in [0.25, 0.3) is 5.69 Å². The van der Waals surface area contributed by atoms with E-state index in [0.717, 1.165) is 30.6 Å². The largest absolute Gasteiger partial charge is 0.385 e. The van der Waals surface area contributed by atoms with E-state index in [1.165, 1.54) is 13.0 Å². The SMILES string of the molecule is CC(=O)Nc1c([N+](=O)[O-])ccc2c1CCCN2. The average molecular weight is 235 g/mol. The molecule has 0 aliphatic carbocycles. The third kappa shape index (κ3) is 2.20. The third-order valence-corrected chi connectivity index (χ3v) is 2.71. The highest BCUT2D eigenvalue weighted by Gasteiger charge is 2.23. The fourth-order valence-electron chi connectivity index (χ4n) is 2.02. The van der Waals surface area contributed by atoms with Crippen LogP contribution in [0, 0.1) is 10.1 Å². The van der Waals surface area contributed by atoms with Crippen molar-refractivity contribution in [2.75, 3.05) is 17.2 Å². The summed E-state index contributed by atoms with van der Waals surface area (Å²) >= 11 is 0. The lowest BCUT2D eigenvalue weighted by atomic mass is 10.00. The second-order valence-corrected chi connectivity index (χ2v) is 3.95. The number of hydrogen-bond acceptors (Lipinski definition) is 4. The van der Waals surface area contributed by atoms with Crippen molar-refractivity contribution in [1.82, 2.24) is 0 Å². The van der Waals surface area contributed by atoms with Crippen molar-refractivity contribution >= 4 is 23.0 Å². The van der Waals surface area contributed by atoms with Crippen LogP contribution in [-0.2, 0) is 11.2 Å². The molecule has 2 rings (SSSR count). The zero-order valence-corrected chi connectivity index (χ0v) is 9.45. The Morgan fingerprint density at radius 2 is 2.29 bits per heavy atom. The maximum atomic E-state index is 11.1. The Bertz CT molecular complexity index is 485. The zero-order valence-electron chi connectivity index (χ0n) is 9.45. The van der Waals surface area contributed by atoms with Crippen LogP contribution >= 0.6 is 0 Å². The Balaban J connectivity index is 2.55. The molecule has 1 aliphatic rings. The summed E-state index contributed by atoms with van der Waals surface area (Å²) in [5, 5.41) is 16.7. The second-order valence-electron chi connectivity index (χ2n) is 3.95. The van der Waals surface area contributed by atoms with Gasteiger partial charge in [0.15, 0.2) is 0 Å². The number of fused-ring (bicyclic) bond motifs is 1. The molecule has 0 atom stereocenters. The summed E-state index contributed by atoms with van der Waals surface area (Å²) in [6.45, 7) is 2.20. The van der Waals surface area contributed by atoms with Crippen LogP contribution < -0.4 is 10.6 Å². The van der Waals surface area contributed by atoms with Crippen molar-refractivity contribution in [3.05, 3.63) is 27.8 Å². The van der Waals surface area contributed by atoms with Crippen LogP contribution in [0.25, 0.3) is 0 Å². The van der Waals surface area contributed by atoms with E-state index in [9.17, 15) is 14.9 Å². The first kappa shape index (κ1) is 11.4. The lowest BCUT2D eigenvalue weighted by Crippen LogP contribution is -2.17. The third-order valence-electron chi connectivity index (χ3n) is 2.71. The molecule has 90 valence electrons. The van der Waals surface area contributed by atoms with Gasteiger partial charge in [-0.15, -0.1) is 0 Å². The number of amides is 1. The molecule has 17 heavy (non-hydrogen) atoms. The molecule has 0 saturated heterocycles. The quantitative estimate of drug-likeness (QED) is 0.605. The van der Waals surface area contributed by atoms with Crippen molar-refractivity contribution in [3.8, 4) is 0 Å². The summed E-state index contributed by atoms with van der Waals surface area (Å²) in [6.07, 6.45) is 1.64. The van der Waals surface area contributed by atoms with Gasteiger partial charge in [-0.05, 0) is 18.9 Å². The number of carbonyl (C=O) groups is 1. The van der Waals surface area contributed by atoms with Crippen LogP contribution in [0.5, 0.6) is 0 Å². The van der Waals surface area contributed by atoms with Crippen LogP contribution in [0.2, 0.25) is 0 Å². The minimum absolute atomic E-state index is 0.0531. The normalized spacial score (nSPS) is 13.5. The first-order chi connectivity index (χ1) is 8.09. The molecule has 1 amide bonds. The number of carbonyl (C=O) groups excluding carboxylic acids is 1. The minimum atomic E-state index is -0.472. The van der Waals surface area contributed by atoms with Gasteiger partial charge in [0.1, 0.15) is 5.69 Å². The molecular weight excluding hydrogens is 222 g/mol. The molecule has 1 heterocycles. The van der Waals surface area contributed by atoms with Crippen molar-refractivity contribution in [3.63, 3.8) is 0 Å². The molecule has 2 N–H and O–H groups in total. The zero-order chi connectivity index (χ0) is 12.4. The standard InChI is InChI=1S/C11H13N3O3/c1-7(15)13-11-8-3-2-6-12-9(8)4-5-10(11)14(16)17/h4-5,12H,2-3,6H2,1H3,(H,13,15). The Labute approximate surface area is 98.2 Å². The highest BCUT2D eigenvalue weighted by atomic mass is 16.6. The van der Waals surface area contributed by atoms with Crippen molar-refractivity contribution in [1.29, 1.82) is 0 Å². The maximum absolute atomic E-state index is 11.1. The fraction of sp³-hybridized carbons (Fsp3) is 0.364. The van der Waals surface area contributed by atoms with E-state index in [1.54, 1.807) is 6.07 Å². The first-order valence-corrected chi connectivity index (χ1v) is 5.41. The number of benzene rings is 1. The van der Waals surface area contributed by atoms with Gasteiger partial charge in [-0.25, -0.2) is 0 Å². The number of nitrogens with one attached hydrogen (secondary N) is 2. The van der Waals surface area contributed by atoms with E-state index in [4.69, 9.17) is 0 Å². The van der Waals surface area contributed by atoms with Gasteiger partial charge in [-0.1, -0.05) is 0 Å². The average Bonchev–Trinajstić information content (AvgIpc) is 2.28. The molecule has 0 unspecified atom stereocenters. The van der Waals surface area contributed by atoms with Gasteiger partial charge >= 0.3 is 0 Å². The topological polar surface area (TPSA) is 84.3 Å². The number of rotatable bonds is 2. The van der Waals surface area contributed by atoms with Gasteiger partial charge in [-0.2, -0.15) is 0 Å². The van der Waals surface area contributed by atoms with E-state index in [2.05, 4.69) is 10.6 Å². The lowest BCUT2D eigenvalue weighted by molar-refractivity contribution is -0.384. The van der Waals surface area contributed by atoms with E-state index < -0.39 is 4.92 Å².